The Labute approximate surface area is 115 Å². The number of urea groups is 1. The normalized spacial score (nSPS) is 9.00. The summed E-state index contributed by atoms with van der Waals surface area (Å²) in [5, 5.41) is 5.22. The van der Waals surface area contributed by atoms with Gasteiger partial charge in [-0.3, -0.25) is 0 Å². The molecule has 0 unspecified atom stereocenters. The van der Waals surface area contributed by atoms with E-state index in [2.05, 4.69) is 38.4 Å². The molecule has 1 rings (SSSR count). The first kappa shape index (κ1) is 14.4. The van der Waals surface area contributed by atoms with Crippen LogP contribution >= 0.6 is 15.9 Å². The lowest BCUT2D eigenvalue weighted by molar-refractivity contribution is 0.242. The van der Waals surface area contributed by atoms with Gasteiger partial charge in [-0.2, -0.15) is 0 Å². The number of halogens is 1. The van der Waals surface area contributed by atoms with Crippen molar-refractivity contribution in [2.45, 2.75) is 6.92 Å². The zero-order chi connectivity index (χ0) is 13.2. The molecule has 0 aliphatic heterocycles. The third-order valence-electron chi connectivity index (χ3n) is 1.91. The molecule has 4 nitrogen and oxygen atoms in total. The number of carbonyl (C=O) groups excluding carboxylic acids is 1. The number of amides is 2. The van der Waals surface area contributed by atoms with E-state index < -0.39 is 0 Å². The molecule has 1 aromatic rings. The molecule has 0 aliphatic carbocycles. The minimum atomic E-state index is -0.209. The van der Waals surface area contributed by atoms with Crippen molar-refractivity contribution in [2.24, 2.45) is 0 Å². The van der Waals surface area contributed by atoms with Gasteiger partial charge in [-0.1, -0.05) is 33.8 Å². The maximum Gasteiger partial charge on any atom is 0.315 e. The molecule has 96 valence electrons. The average Bonchev–Trinajstić information content (AvgIpc) is 2.34. The number of hydrogen-bond donors (Lipinski definition) is 2. The fourth-order valence-corrected chi connectivity index (χ4v) is 1.52. The summed E-state index contributed by atoms with van der Waals surface area (Å²) in [4.78, 5) is 11.0. The van der Waals surface area contributed by atoms with E-state index in [4.69, 9.17) is 4.74 Å². The van der Waals surface area contributed by atoms with E-state index in [-0.39, 0.29) is 6.03 Å². The Bertz CT molecular complexity index is 452. The van der Waals surface area contributed by atoms with Crippen molar-refractivity contribution < 1.29 is 9.53 Å². The summed E-state index contributed by atoms with van der Waals surface area (Å²) in [6, 6.07) is 7.34. The number of rotatable bonds is 4. The SMILES string of the molecule is CCNC(=O)NCC#CCOc1cccc(Br)c1. The van der Waals surface area contributed by atoms with Crippen LogP contribution in [0.5, 0.6) is 5.75 Å². The highest BCUT2D eigenvalue weighted by atomic mass is 79.9. The standard InChI is InChI=1S/C13H15BrN2O2/c1-2-15-13(17)16-8-3-4-9-18-12-7-5-6-11(14)10-12/h5-7,10H,2,8-9H2,1H3,(H2,15,16,17). The van der Waals surface area contributed by atoms with E-state index in [0.29, 0.717) is 19.7 Å². The molecule has 0 bridgehead atoms. The van der Waals surface area contributed by atoms with Crippen molar-refractivity contribution in [2.75, 3.05) is 19.7 Å². The topological polar surface area (TPSA) is 50.4 Å². The predicted octanol–water partition coefficient (Wildman–Crippen LogP) is 2.15. The number of nitrogens with one attached hydrogen (secondary N) is 2. The quantitative estimate of drug-likeness (QED) is 0.837. The van der Waals surface area contributed by atoms with Crippen molar-refractivity contribution in [1.82, 2.24) is 10.6 Å². The Balaban J connectivity index is 2.20. The Morgan fingerprint density at radius 3 is 2.94 bits per heavy atom. The molecule has 2 N–H and O–H groups in total. The summed E-state index contributed by atoms with van der Waals surface area (Å²) in [5.74, 6) is 6.38. The molecule has 0 heterocycles. The van der Waals surface area contributed by atoms with Crippen LogP contribution in [0, 0.1) is 11.8 Å². The highest BCUT2D eigenvalue weighted by Crippen LogP contribution is 2.17. The fraction of sp³-hybridized carbons (Fsp3) is 0.308. The van der Waals surface area contributed by atoms with Crippen LogP contribution < -0.4 is 15.4 Å². The van der Waals surface area contributed by atoms with Gasteiger partial charge < -0.3 is 15.4 Å². The van der Waals surface area contributed by atoms with Gasteiger partial charge in [0.25, 0.3) is 0 Å². The second kappa shape index (κ2) is 8.43. The summed E-state index contributed by atoms with van der Waals surface area (Å²) in [6.45, 7) is 3.07. The molecule has 2 amide bonds. The highest BCUT2D eigenvalue weighted by molar-refractivity contribution is 9.10. The average molecular weight is 311 g/mol. The van der Waals surface area contributed by atoms with Crippen LogP contribution in [0.4, 0.5) is 4.79 Å². The molecular formula is C13H15BrN2O2. The van der Waals surface area contributed by atoms with E-state index in [1.165, 1.54) is 0 Å². The van der Waals surface area contributed by atoms with Crippen LogP contribution in [0.2, 0.25) is 0 Å². The summed E-state index contributed by atoms with van der Waals surface area (Å²) < 4.78 is 6.37. The Morgan fingerprint density at radius 1 is 1.39 bits per heavy atom. The minimum absolute atomic E-state index is 0.209. The molecule has 0 atom stereocenters. The smallest absolute Gasteiger partial charge is 0.315 e. The maximum absolute atomic E-state index is 11.0. The van der Waals surface area contributed by atoms with Gasteiger partial charge in [-0.25, -0.2) is 4.79 Å². The van der Waals surface area contributed by atoms with Gasteiger partial charge in [0.15, 0.2) is 0 Å². The molecule has 18 heavy (non-hydrogen) atoms. The molecule has 0 spiro atoms. The van der Waals surface area contributed by atoms with E-state index in [0.717, 1.165) is 10.2 Å². The minimum Gasteiger partial charge on any atom is -0.481 e. The van der Waals surface area contributed by atoms with Crippen LogP contribution in [0.25, 0.3) is 0 Å². The maximum atomic E-state index is 11.0. The Hall–Kier alpha value is -1.67. The van der Waals surface area contributed by atoms with Crippen LogP contribution in [0.3, 0.4) is 0 Å². The van der Waals surface area contributed by atoms with Crippen LogP contribution in [-0.4, -0.2) is 25.7 Å². The van der Waals surface area contributed by atoms with Gasteiger partial charge in [0, 0.05) is 11.0 Å². The van der Waals surface area contributed by atoms with Gasteiger partial charge in [-0.15, -0.1) is 0 Å². The van der Waals surface area contributed by atoms with Crippen molar-refractivity contribution in [3.8, 4) is 17.6 Å². The number of ether oxygens (including phenoxy) is 1. The van der Waals surface area contributed by atoms with Crippen LogP contribution in [0.1, 0.15) is 6.92 Å². The van der Waals surface area contributed by atoms with Crippen molar-refractivity contribution in [1.29, 1.82) is 0 Å². The third kappa shape index (κ3) is 6.16. The van der Waals surface area contributed by atoms with E-state index >= 15 is 0 Å². The third-order valence-corrected chi connectivity index (χ3v) is 2.40. The first-order valence-corrected chi connectivity index (χ1v) is 6.37. The molecule has 0 fully saturated rings. The summed E-state index contributed by atoms with van der Waals surface area (Å²) in [7, 11) is 0. The monoisotopic (exact) mass is 310 g/mol. The highest BCUT2D eigenvalue weighted by Gasteiger charge is 1.93. The number of carbonyl (C=O) groups is 1. The Morgan fingerprint density at radius 2 is 2.22 bits per heavy atom. The molecule has 1 aromatic carbocycles. The van der Waals surface area contributed by atoms with Crippen LogP contribution in [-0.2, 0) is 0 Å². The zero-order valence-corrected chi connectivity index (χ0v) is 11.7. The molecule has 5 heteroatoms. The largest absolute Gasteiger partial charge is 0.481 e. The second-order valence-electron chi connectivity index (χ2n) is 3.31. The number of hydrogen-bond acceptors (Lipinski definition) is 2. The Kier molecular flexibility index (Phi) is 6.74. The molecule has 0 aliphatic rings. The van der Waals surface area contributed by atoms with Crippen molar-refractivity contribution >= 4 is 22.0 Å². The van der Waals surface area contributed by atoms with Gasteiger partial charge in [-0.05, 0) is 25.1 Å². The lowest BCUT2D eigenvalue weighted by atomic mass is 10.3. The lowest BCUT2D eigenvalue weighted by Crippen LogP contribution is -2.35. The lowest BCUT2D eigenvalue weighted by Gasteiger charge is -2.02. The second-order valence-corrected chi connectivity index (χ2v) is 4.23. The predicted molar refractivity (Wildman–Crippen MR) is 74.5 cm³/mol. The zero-order valence-electron chi connectivity index (χ0n) is 10.1. The van der Waals surface area contributed by atoms with E-state index in [1.807, 2.05) is 31.2 Å². The molecule has 0 saturated carbocycles. The first-order chi connectivity index (χ1) is 8.72. The summed E-state index contributed by atoms with van der Waals surface area (Å²) in [5.41, 5.74) is 0. The molecule has 0 radical (unpaired) electrons. The molecule has 0 saturated heterocycles. The summed E-state index contributed by atoms with van der Waals surface area (Å²) in [6.07, 6.45) is 0. The van der Waals surface area contributed by atoms with Gasteiger partial charge >= 0.3 is 6.03 Å². The van der Waals surface area contributed by atoms with E-state index in [1.54, 1.807) is 0 Å². The van der Waals surface area contributed by atoms with Crippen molar-refractivity contribution in [3.05, 3.63) is 28.7 Å². The van der Waals surface area contributed by atoms with Gasteiger partial charge in [0.2, 0.25) is 0 Å². The molecule has 0 aromatic heterocycles. The van der Waals surface area contributed by atoms with Crippen molar-refractivity contribution in [3.63, 3.8) is 0 Å². The first-order valence-electron chi connectivity index (χ1n) is 5.58. The van der Waals surface area contributed by atoms with Gasteiger partial charge in [0.1, 0.15) is 12.4 Å². The summed E-state index contributed by atoms with van der Waals surface area (Å²) >= 11 is 3.36. The number of benzene rings is 1. The van der Waals surface area contributed by atoms with E-state index in [9.17, 15) is 4.79 Å². The van der Waals surface area contributed by atoms with Crippen LogP contribution in [0.15, 0.2) is 28.7 Å². The molecular weight excluding hydrogens is 296 g/mol. The van der Waals surface area contributed by atoms with Gasteiger partial charge in [0.05, 0.1) is 6.54 Å². The fourth-order valence-electron chi connectivity index (χ4n) is 1.14.